The molecule has 1 N–H and O–H groups in total. The molecule has 0 aliphatic heterocycles. The standard InChI is InChI=1S/C16H15Cl2NO4/c1-21-14-6-4-11(8-15(14)22-2)19-16(20)9-23-13-5-3-10(17)7-12(13)18/h3-8H,9H2,1-2H3,(H,19,20). The molecule has 0 saturated carbocycles. The second-order valence-electron chi connectivity index (χ2n) is 4.48. The van der Waals surface area contributed by atoms with Crippen molar-refractivity contribution in [3.05, 3.63) is 46.4 Å². The summed E-state index contributed by atoms with van der Waals surface area (Å²) >= 11 is 11.8. The predicted octanol–water partition coefficient (Wildman–Crippen LogP) is 4.03. The summed E-state index contributed by atoms with van der Waals surface area (Å²) in [5.41, 5.74) is 0.568. The van der Waals surface area contributed by atoms with Crippen molar-refractivity contribution in [1.29, 1.82) is 0 Å². The van der Waals surface area contributed by atoms with Crippen LogP contribution in [-0.2, 0) is 4.79 Å². The molecule has 0 fully saturated rings. The maximum atomic E-state index is 11.9. The molecule has 23 heavy (non-hydrogen) atoms. The van der Waals surface area contributed by atoms with E-state index in [1.165, 1.54) is 7.11 Å². The molecular formula is C16H15Cl2NO4. The van der Waals surface area contributed by atoms with Crippen molar-refractivity contribution >= 4 is 34.8 Å². The average Bonchev–Trinajstić information content (AvgIpc) is 2.54. The van der Waals surface area contributed by atoms with Gasteiger partial charge in [0.2, 0.25) is 0 Å². The number of rotatable bonds is 6. The highest BCUT2D eigenvalue weighted by molar-refractivity contribution is 6.35. The maximum Gasteiger partial charge on any atom is 0.262 e. The van der Waals surface area contributed by atoms with E-state index < -0.39 is 0 Å². The second-order valence-corrected chi connectivity index (χ2v) is 5.32. The summed E-state index contributed by atoms with van der Waals surface area (Å²) in [6, 6.07) is 9.85. The highest BCUT2D eigenvalue weighted by Gasteiger charge is 2.09. The first-order valence-corrected chi connectivity index (χ1v) is 7.39. The summed E-state index contributed by atoms with van der Waals surface area (Å²) in [7, 11) is 3.06. The molecule has 122 valence electrons. The van der Waals surface area contributed by atoms with Gasteiger partial charge in [0.1, 0.15) is 5.75 Å². The molecule has 0 saturated heterocycles. The Morgan fingerprint density at radius 1 is 1.00 bits per heavy atom. The molecule has 5 nitrogen and oxygen atoms in total. The molecule has 2 aromatic carbocycles. The Kier molecular flexibility index (Phi) is 5.96. The first-order chi connectivity index (χ1) is 11.0. The van der Waals surface area contributed by atoms with E-state index in [-0.39, 0.29) is 12.5 Å². The van der Waals surface area contributed by atoms with Crippen molar-refractivity contribution in [3.63, 3.8) is 0 Å². The van der Waals surface area contributed by atoms with Crippen LogP contribution in [0.2, 0.25) is 10.0 Å². The second kappa shape index (κ2) is 7.94. The minimum Gasteiger partial charge on any atom is -0.493 e. The van der Waals surface area contributed by atoms with Gasteiger partial charge in [-0.1, -0.05) is 23.2 Å². The Morgan fingerprint density at radius 3 is 2.35 bits per heavy atom. The molecule has 0 aliphatic carbocycles. The van der Waals surface area contributed by atoms with Crippen molar-refractivity contribution in [2.75, 3.05) is 26.1 Å². The van der Waals surface area contributed by atoms with Crippen LogP contribution in [0.1, 0.15) is 0 Å². The number of carbonyl (C=O) groups excluding carboxylic acids is 1. The molecule has 7 heteroatoms. The van der Waals surface area contributed by atoms with E-state index in [2.05, 4.69) is 5.32 Å². The smallest absolute Gasteiger partial charge is 0.262 e. The SMILES string of the molecule is COc1ccc(NC(=O)COc2ccc(Cl)cc2Cl)cc1OC. The van der Waals surface area contributed by atoms with E-state index >= 15 is 0 Å². The largest absolute Gasteiger partial charge is 0.493 e. The zero-order valence-electron chi connectivity index (χ0n) is 12.6. The Bertz CT molecular complexity index is 706. The Labute approximate surface area is 144 Å². The third-order valence-corrected chi connectivity index (χ3v) is 3.45. The molecule has 2 aromatic rings. The van der Waals surface area contributed by atoms with Crippen LogP contribution in [0.15, 0.2) is 36.4 Å². The summed E-state index contributed by atoms with van der Waals surface area (Å²) in [6.45, 7) is -0.185. The minimum absolute atomic E-state index is 0.185. The van der Waals surface area contributed by atoms with Crippen molar-refractivity contribution in [1.82, 2.24) is 0 Å². The fourth-order valence-electron chi connectivity index (χ4n) is 1.85. The fraction of sp³-hybridized carbons (Fsp3) is 0.188. The zero-order valence-corrected chi connectivity index (χ0v) is 14.1. The van der Waals surface area contributed by atoms with Crippen molar-refractivity contribution in [3.8, 4) is 17.2 Å². The van der Waals surface area contributed by atoms with E-state index in [1.807, 2.05) is 0 Å². The number of ether oxygens (including phenoxy) is 3. The van der Waals surface area contributed by atoms with Crippen molar-refractivity contribution < 1.29 is 19.0 Å². The van der Waals surface area contributed by atoms with Gasteiger partial charge in [0.25, 0.3) is 5.91 Å². The van der Waals surface area contributed by atoms with Gasteiger partial charge in [0, 0.05) is 16.8 Å². The first-order valence-electron chi connectivity index (χ1n) is 6.63. The lowest BCUT2D eigenvalue weighted by Crippen LogP contribution is -2.20. The lowest BCUT2D eigenvalue weighted by Gasteiger charge is -2.11. The summed E-state index contributed by atoms with van der Waals surface area (Å²) in [6.07, 6.45) is 0. The number of amides is 1. The highest BCUT2D eigenvalue weighted by atomic mass is 35.5. The van der Waals surface area contributed by atoms with Crippen molar-refractivity contribution in [2.24, 2.45) is 0 Å². The average molecular weight is 356 g/mol. The lowest BCUT2D eigenvalue weighted by molar-refractivity contribution is -0.118. The van der Waals surface area contributed by atoms with E-state index in [4.69, 9.17) is 37.4 Å². The van der Waals surface area contributed by atoms with Crippen LogP contribution in [0.5, 0.6) is 17.2 Å². The van der Waals surface area contributed by atoms with Crippen LogP contribution in [0.25, 0.3) is 0 Å². The number of hydrogen-bond donors (Lipinski definition) is 1. The van der Waals surface area contributed by atoms with Crippen LogP contribution >= 0.6 is 23.2 Å². The molecule has 0 atom stereocenters. The summed E-state index contributed by atoms with van der Waals surface area (Å²) in [5.74, 6) is 1.16. The van der Waals surface area contributed by atoms with Gasteiger partial charge in [-0.3, -0.25) is 4.79 Å². The van der Waals surface area contributed by atoms with Crippen LogP contribution in [-0.4, -0.2) is 26.7 Å². The summed E-state index contributed by atoms with van der Waals surface area (Å²) in [5, 5.41) is 3.54. The van der Waals surface area contributed by atoms with Gasteiger partial charge in [-0.05, 0) is 30.3 Å². The molecule has 0 unspecified atom stereocenters. The summed E-state index contributed by atoms with van der Waals surface area (Å²) in [4.78, 5) is 11.9. The number of benzene rings is 2. The zero-order chi connectivity index (χ0) is 16.8. The molecule has 1 amide bonds. The van der Waals surface area contributed by atoms with Gasteiger partial charge < -0.3 is 19.5 Å². The third-order valence-electron chi connectivity index (χ3n) is 2.92. The van der Waals surface area contributed by atoms with Gasteiger partial charge in [0.05, 0.1) is 19.2 Å². The third kappa shape index (κ3) is 4.68. The van der Waals surface area contributed by atoms with E-state index in [9.17, 15) is 4.79 Å². The highest BCUT2D eigenvalue weighted by Crippen LogP contribution is 2.30. The van der Waals surface area contributed by atoms with Crippen LogP contribution in [0.4, 0.5) is 5.69 Å². The topological polar surface area (TPSA) is 56.8 Å². The molecule has 0 heterocycles. The number of halogens is 2. The van der Waals surface area contributed by atoms with Crippen molar-refractivity contribution in [2.45, 2.75) is 0 Å². The fourth-order valence-corrected chi connectivity index (χ4v) is 2.31. The van der Waals surface area contributed by atoms with Gasteiger partial charge in [-0.15, -0.1) is 0 Å². The number of hydrogen-bond acceptors (Lipinski definition) is 4. The Morgan fingerprint density at radius 2 is 1.70 bits per heavy atom. The quantitative estimate of drug-likeness (QED) is 0.849. The van der Waals surface area contributed by atoms with E-state index in [1.54, 1.807) is 43.5 Å². The van der Waals surface area contributed by atoms with Crippen LogP contribution in [0.3, 0.4) is 0 Å². The number of carbonyl (C=O) groups is 1. The molecule has 0 radical (unpaired) electrons. The Balaban J connectivity index is 1.97. The molecule has 0 spiro atoms. The maximum absolute atomic E-state index is 11.9. The number of anilines is 1. The van der Waals surface area contributed by atoms with Crippen LogP contribution in [0, 0.1) is 0 Å². The van der Waals surface area contributed by atoms with E-state index in [0.29, 0.717) is 33.0 Å². The Hall–Kier alpha value is -2.11. The van der Waals surface area contributed by atoms with Gasteiger partial charge in [-0.2, -0.15) is 0 Å². The van der Waals surface area contributed by atoms with Crippen LogP contribution < -0.4 is 19.5 Å². The minimum atomic E-state index is -0.330. The van der Waals surface area contributed by atoms with E-state index in [0.717, 1.165) is 0 Å². The van der Waals surface area contributed by atoms with Gasteiger partial charge in [-0.25, -0.2) is 0 Å². The van der Waals surface area contributed by atoms with Gasteiger partial charge in [0.15, 0.2) is 18.1 Å². The monoisotopic (exact) mass is 355 g/mol. The molecule has 0 aliphatic rings. The number of methoxy groups -OCH3 is 2. The molecule has 0 aromatic heterocycles. The lowest BCUT2D eigenvalue weighted by atomic mass is 10.2. The molecule has 2 rings (SSSR count). The molecule has 0 bridgehead atoms. The van der Waals surface area contributed by atoms with Gasteiger partial charge >= 0.3 is 0 Å². The predicted molar refractivity (Wildman–Crippen MR) is 90.1 cm³/mol. The first kappa shape index (κ1) is 17.2. The summed E-state index contributed by atoms with van der Waals surface area (Å²) < 4.78 is 15.7. The normalized spacial score (nSPS) is 10.1. The molecular weight excluding hydrogens is 341 g/mol. The number of nitrogens with one attached hydrogen (secondary N) is 1.